The molecular formula is C26H38Ge. The Morgan fingerprint density at radius 3 is 1.19 bits per heavy atom. The van der Waals surface area contributed by atoms with Gasteiger partial charge in [-0.05, 0) is 0 Å². The van der Waals surface area contributed by atoms with Crippen molar-refractivity contribution in [1.82, 2.24) is 0 Å². The Morgan fingerprint density at radius 1 is 0.593 bits per heavy atom. The summed E-state index contributed by atoms with van der Waals surface area (Å²) in [6.07, 6.45) is 0. The molecule has 0 amide bonds. The van der Waals surface area contributed by atoms with Gasteiger partial charge in [-0.1, -0.05) is 0 Å². The molecule has 0 nitrogen and oxygen atoms in total. The predicted molar refractivity (Wildman–Crippen MR) is 124 cm³/mol. The summed E-state index contributed by atoms with van der Waals surface area (Å²) in [6.45, 7) is 23.9. The van der Waals surface area contributed by atoms with Crippen molar-refractivity contribution in [3.63, 3.8) is 0 Å². The Balaban J connectivity index is 2.40. The van der Waals surface area contributed by atoms with Crippen molar-refractivity contribution in [2.75, 3.05) is 0 Å². The maximum absolute atomic E-state index is 2.53. The summed E-state index contributed by atoms with van der Waals surface area (Å²) in [7, 11) is 0. The van der Waals surface area contributed by atoms with Crippen LogP contribution in [-0.4, -0.2) is 13.3 Å². The van der Waals surface area contributed by atoms with Crippen molar-refractivity contribution in [3.8, 4) is 11.1 Å². The Bertz CT molecular complexity index is 783. The number of fused-ring (bicyclic) bond motifs is 3. The summed E-state index contributed by atoms with van der Waals surface area (Å²) < 4.78 is 4.92. The summed E-state index contributed by atoms with van der Waals surface area (Å²) in [5.74, 6) is 0. The fraction of sp³-hybridized carbons (Fsp3) is 0.538. The molecule has 1 heteroatoms. The minimum absolute atomic E-state index is 0.185. The molecule has 3 rings (SSSR count). The van der Waals surface area contributed by atoms with Gasteiger partial charge in [0.15, 0.2) is 0 Å². The molecule has 2 aromatic carbocycles. The fourth-order valence-corrected chi connectivity index (χ4v) is 18.1. The molecule has 146 valence electrons. The van der Waals surface area contributed by atoms with Gasteiger partial charge in [-0.2, -0.15) is 0 Å². The van der Waals surface area contributed by atoms with E-state index in [-0.39, 0.29) is 10.8 Å². The van der Waals surface area contributed by atoms with Crippen LogP contribution < -0.4 is 8.79 Å². The zero-order chi connectivity index (χ0) is 20.4. The average molecular weight is 423 g/mol. The molecule has 0 unspecified atom stereocenters. The number of rotatable bonds is 2. The Labute approximate surface area is 170 Å². The topological polar surface area (TPSA) is 0 Å². The van der Waals surface area contributed by atoms with Crippen molar-refractivity contribution in [1.29, 1.82) is 0 Å². The van der Waals surface area contributed by atoms with Crippen LogP contribution in [0, 0.1) is 0 Å². The number of benzene rings is 2. The van der Waals surface area contributed by atoms with E-state index in [4.69, 9.17) is 0 Å². The van der Waals surface area contributed by atoms with Crippen LogP contribution in [0.2, 0.25) is 9.50 Å². The Hall–Kier alpha value is -1.02. The molecule has 1 aliphatic rings. The van der Waals surface area contributed by atoms with E-state index in [9.17, 15) is 0 Å². The van der Waals surface area contributed by atoms with Crippen molar-refractivity contribution in [2.24, 2.45) is 0 Å². The molecule has 27 heavy (non-hydrogen) atoms. The maximum atomic E-state index is 2.53. The second kappa shape index (κ2) is 6.51. The van der Waals surface area contributed by atoms with Gasteiger partial charge in [-0.25, -0.2) is 0 Å². The van der Waals surface area contributed by atoms with Crippen molar-refractivity contribution < 1.29 is 0 Å². The number of hydrogen-bond donors (Lipinski definition) is 0. The van der Waals surface area contributed by atoms with Gasteiger partial charge in [0.25, 0.3) is 0 Å². The molecule has 0 radical (unpaired) electrons. The van der Waals surface area contributed by atoms with Gasteiger partial charge < -0.3 is 0 Å². The van der Waals surface area contributed by atoms with Gasteiger partial charge in [-0.3, -0.25) is 0 Å². The summed E-state index contributed by atoms with van der Waals surface area (Å²) in [4.78, 5) is 0. The van der Waals surface area contributed by atoms with Gasteiger partial charge in [0.05, 0.1) is 0 Å². The molecule has 0 atom stereocenters. The molecule has 1 heterocycles. The molecule has 0 saturated carbocycles. The van der Waals surface area contributed by atoms with Crippen molar-refractivity contribution in [3.05, 3.63) is 47.5 Å². The standard InChI is InChI=1S/C26H38Ge/c1-17(2)27(18(3)4)23-13-11-19(25(5,6)7)15-21(23)22-16-20(26(8,9)10)12-14-24(22)27/h11-18H,1-10H3. The predicted octanol–water partition coefficient (Wildman–Crippen LogP) is 6.65. The number of hydrogen-bond acceptors (Lipinski definition) is 0. The van der Waals surface area contributed by atoms with Crippen LogP contribution >= 0.6 is 0 Å². The second-order valence-electron chi connectivity index (χ2n) is 11.2. The first-order valence-electron chi connectivity index (χ1n) is 10.6. The van der Waals surface area contributed by atoms with E-state index >= 15 is 0 Å². The summed E-state index contributed by atoms with van der Waals surface area (Å²) in [6, 6.07) is 14.9. The van der Waals surface area contributed by atoms with Crippen LogP contribution in [0.4, 0.5) is 0 Å². The van der Waals surface area contributed by atoms with E-state index < -0.39 is 13.3 Å². The fourth-order valence-electron chi connectivity index (χ4n) is 5.24. The van der Waals surface area contributed by atoms with E-state index in [2.05, 4.69) is 106 Å². The third-order valence-corrected chi connectivity index (χ3v) is 20.0. The molecule has 0 aromatic heterocycles. The zero-order valence-corrected chi connectivity index (χ0v) is 21.2. The van der Waals surface area contributed by atoms with Crippen LogP contribution in [0.1, 0.15) is 80.4 Å². The second-order valence-corrected chi connectivity index (χ2v) is 22.0. The van der Waals surface area contributed by atoms with Crippen molar-refractivity contribution in [2.45, 2.75) is 89.6 Å². The van der Waals surface area contributed by atoms with Gasteiger partial charge in [0.2, 0.25) is 0 Å². The van der Waals surface area contributed by atoms with Gasteiger partial charge in [0.1, 0.15) is 0 Å². The molecule has 1 aliphatic heterocycles. The van der Waals surface area contributed by atoms with Crippen LogP contribution in [0.25, 0.3) is 11.1 Å². The van der Waals surface area contributed by atoms with Crippen LogP contribution in [-0.2, 0) is 10.8 Å². The van der Waals surface area contributed by atoms with Crippen molar-refractivity contribution >= 4 is 22.1 Å². The van der Waals surface area contributed by atoms with Gasteiger partial charge >= 0.3 is 170 Å². The summed E-state index contributed by atoms with van der Waals surface area (Å²) in [5, 5.41) is 0. The molecule has 2 aromatic rings. The van der Waals surface area contributed by atoms with E-state index in [1.165, 1.54) is 11.1 Å². The zero-order valence-electron chi connectivity index (χ0n) is 19.1. The van der Waals surface area contributed by atoms with Crippen LogP contribution in [0.5, 0.6) is 0 Å². The van der Waals surface area contributed by atoms with E-state index in [0.29, 0.717) is 0 Å². The minimum atomic E-state index is -2.45. The van der Waals surface area contributed by atoms with Crippen LogP contribution in [0.3, 0.4) is 0 Å². The Kier molecular flexibility index (Phi) is 4.99. The first kappa shape index (κ1) is 20.7. The SMILES string of the molecule is C[CH](C)[Ge]1([CH](C)C)[c]2ccc(C(C)(C)C)cc2-c2cc(C(C)(C)C)cc[c]21. The molecule has 0 aliphatic carbocycles. The van der Waals surface area contributed by atoms with Gasteiger partial charge in [-0.15, -0.1) is 0 Å². The molecule has 0 saturated heterocycles. The molecule has 0 fully saturated rings. The summed E-state index contributed by atoms with van der Waals surface area (Å²) in [5.41, 5.74) is 6.38. The third-order valence-electron chi connectivity index (χ3n) is 6.77. The first-order valence-corrected chi connectivity index (χ1v) is 15.1. The Morgan fingerprint density at radius 2 is 0.926 bits per heavy atom. The van der Waals surface area contributed by atoms with E-state index in [1.54, 1.807) is 19.9 Å². The molecule has 0 N–H and O–H groups in total. The third kappa shape index (κ3) is 3.13. The quantitative estimate of drug-likeness (QED) is 0.475. The monoisotopic (exact) mass is 424 g/mol. The average Bonchev–Trinajstić information content (AvgIpc) is 2.83. The van der Waals surface area contributed by atoms with Crippen LogP contribution in [0.15, 0.2) is 36.4 Å². The molecular weight excluding hydrogens is 385 g/mol. The van der Waals surface area contributed by atoms with E-state index in [1.807, 2.05) is 0 Å². The molecule has 0 bridgehead atoms. The first-order chi connectivity index (χ1) is 12.3. The van der Waals surface area contributed by atoms with Gasteiger partial charge in [0, 0.05) is 0 Å². The molecule has 0 spiro atoms. The summed E-state index contributed by atoms with van der Waals surface area (Å²) >= 11 is -2.45. The van der Waals surface area contributed by atoms with E-state index in [0.717, 1.165) is 9.50 Å². The normalized spacial score (nSPS) is 16.0.